The van der Waals surface area contributed by atoms with E-state index in [1.54, 1.807) is 0 Å². The first-order valence-corrected chi connectivity index (χ1v) is 6.07. The van der Waals surface area contributed by atoms with Gasteiger partial charge in [-0.15, -0.1) is 0 Å². The number of amides is 1. The molecule has 1 aromatic rings. The average Bonchev–Trinajstić information content (AvgIpc) is 3.13. The molecular formula is C13H17N3O. The quantitative estimate of drug-likeness (QED) is 0.783. The molecule has 0 spiro atoms. The molecule has 1 amide bonds. The first kappa shape index (κ1) is 10.6. The molecule has 0 bridgehead atoms. The lowest BCUT2D eigenvalue weighted by atomic mass is 10.2. The van der Waals surface area contributed by atoms with Crippen LogP contribution in [0.15, 0.2) is 24.3 Å². The van der Waals surface area contributed by atoms with Gasteiger partial charge in [0.05, 0.1) is 11.4 Å². The molecule has 4 nitrogen and oxygen atoms in total. The molecule has 1 saturated carbocycles. The van der Waals surface area contributed by atoms with E-state index in [9.17, 15) is 4.79 Å². The van der Waals surface area contributed by atoms with Gasteiger partial charge in [0, 0.05) is 19.6 Å². The summed E-state index contributed by atoms with van der Waals surface area (Å²) < 4.78 is 0. The van der Waals surface area contributed by atoms with Crippen LogP contribution in [0.5, 0.6) is 0 Å². The number of nitrogens with zero attached hydrogens (tertiary/aromatic N) is 2. The number of likely N-dealkylation sites (N-methyl/N-ethyl adjacent to an activating group) is 1. The third kappa shape index (κ3) is 1.69. The summed E-state index contributed by atoms with van der Waals surface area (Å²) in [5, 5.41) is 0. The summed E-state index contributed by atoms with van der Waals surface area (Å²) in [6.07, 6.45) is 2.19. The molecule has 3 rings (SSSR count). The zero-order valence-corrected chi connectivity index (χ0v) is 9.97. The Morgan fingerprint density at radius 2 is 1.88 bits per heavy atom. The number of rotatable bonds is 1. The number of nitrogens with two attached hydrogens (primary N) is 1. The van der Waals surface area contributed by atoms with E-state index in [-0.39, 0.29) is 5.91 Å². The second kappa shape index (κ2) is 3.74. The van der Waals surface area contributed by atoms with Gasteiger partial charge in [0.2, 0.25) is 5.91 Å². The van der Waals surface area contributed by atoms with Gasteiger partial charge in [-0.05, 0) is 25.0 Å². The zero-order chi connectivity index (χ0) is 12.0. The van der Waals surface area contributed by atoms with E-state index in [1.165, 1.54) is 0 Å². The van der Waals surface area contributed by atoms with Crippen molar-refractivity contribution in [3.8, 4) is 0 Å². The Labute approximate surface area is 101 Å². The molecule has 1 atom stereocenters. The van der Waals surface area contributed by atoms with E-state index in [1.807, 2.05) is 30.1 Å². The van der Waals surface area contributed by atoms with Crippen molar-refractivity contribution in [2.75, 3.05) is 23.4 Å². The minimum absolute atomic E-state index is 0.0595. The van der Waals surface area contributed by atoms with Crippen LogP contribution in [0.25, 0.3) is 0 Å². The maximum absolute atomic E-state index is 12.3. The van der Waals surface area contributed by atoms with E-state index in [0.717, 1.165) is 24.2 Å². The van der Waals surface area contributed by atoms with Crippen LogP contribution in [-0.4, -0.2) is 31.6 Å². The van der Waals surface area contributed by atoms with E-state index < -0.39 is 6.04 Å². The fourth-order valence-electron chi connectivity index (χ4n) is 2.47. The SMILES string of the molecule is CN1CC(N)C(=O)N(C2CC2)c2ccccc21. The Morgan fingerprint density at radius 3 is 2.53 bits per heavy atom. The van der Waals surface area contributed by atoms with Crippen LogP contribution in [0.3, 0.4) is 0 Å². The highest BCUT2D eigenvalue weighted by Crippen LogP contribution is 2.38. The lowest BCUT2D eigenvalue weighted by Crippen LogP contribution is -2.47. The average molecular weight is 231 g/mol. The van der Waals surface area contributed by atoms with Gasteiger partial charge in [0.1, 0.15) is 6.04 Å². The molecule has 0 aromatic heterocycles. The van der Waals surface area contributed by atoms with Crippen LogP contribution in [0.2, 0.25) is 0 Å². The minimum atomic E-state index is -0.423. The van der Waals surface area contributed by atoms with Gasteiger partial charge in [-0.2, -0.15) is 0 Å². The van der Waals surface area contributed by atoms with Crippen LogP contribution >= 0.6 is 0 Å². The summed E-state index contributed by atoms with van der Waals surface area (Å²) in [4.78, 5) is 16.3. The molecule has 1 fully saturated rings. The number of hydrogen-bond acceptors (Lipinski definition) is 3. The van der Waals surface area contributed by atoms with Crippen molar-refractivity contribution in [1.29, 1.82) is 0 Å². The lowest BCUT2D eigenvalue weighted by molar-refractivity contribution is -0.119. The fourth-order valence-corrected chi connectivity index (χ4v) is 2.47. The predicted octanol–water partition coefficient (Wildman–Crippen LogP) is 0.959. The number of anilines is 2. The highest BCUT2D eigenvalue weighted by Gasteiger charge is 2.39. The molecule has 4 heteroatoms. The van der Waals surface area contributed by atoms with Crippen LogP contribution in [0, 0.1) is 0 Å². The Balaban J connectivity index is 2.11. The molecule has 1 aliphatic carbocycles. The normalized spacial score (nSPS) is 24.6. The number of carbonyl (C=O) groups is 1. The van der Waals surface area contributed by atoms with E-state index in [4.69, 9.17) is 5.73 Å². The Kier molecular flexibility index (Phi) is 2.33. The topological polar surface area (TPSA) is 49.6 Å². The van der Waals surface area contributed by atoms with Crippen molar-refractivity contribution in [2.45, 2.75) is 24.9 Å². The van der Waals surface area contributed by atoms with Crippen LogP contribution < -0.4 is 15.5 Å². The predicted molar refractivity (Wildman–Crippen MR) is 68.2 cm³/mol. The Bertz CT molecular complexity index is 456. The lowest BCUT2D eigenvalue weighted by Gasteiger charge is -2.24. The summed E-state index contributed by atoms with van der Waals surface area (Å²) in [6.45, 7) is 0.582. The summed E-state index contributed by atoms with van der Waals surface area (Å²) in [6, 6.07) is 7.98. The van der Waals surface area contributed by atoms with Crippen molar-refractivity contribution in [3.63, 3.8) is 0 Å². The maximum Gasteiger partial charge on any atom is 0.246 e. The van der Waals surface area contributed by atoms with Gasteiger partial charge >= 0.3 is 0 Å². The van der Waals surface area contributed by atoms with Crippen molar-refractivity contribution in [1.82, 2.24) is 0 Å². The largest absolute Gasteiger partial charge is 0.371 e. The first-order valence-electron chi connectivity index (χ1n) is 6.07. The molecule has 90 valence electrons. The number of para-hydroxylation sites is 2. The molecule has 1 unspecified atom stereocenters. The molecule has 1 aliphatic heterocycles. The number of benzene rings is 1. The number of fused-ring (bicyclic) bond motifs is 1. The standard InChI is InChI=1S/C13H17N3O/c1-15-8-10(14)13(17)16(9-6-7-9)12-5-3-2-4-11(12)15/h2-5,9-10H,6-8,14H2,1H3. The second-order valence-corrected chi connectivity index (χ2v) is 4.92. The highest BCUT2D eigenvalue weighted by molar-refractivity contribution is 6.02. The summed E-state index contributed by atoms with van der Waals surface area (Å²) in [5.74, 6) is 0.0595. The molecule has 2 N–H and O–H groups in total. The zero-order valence-electron chi connectivity index (χ0n) is 9.97. The van der Waals surface area contributed by atoms with Crippen LogP contribution in [0.1, 0.15) is 12.8 Å². The number of carbonyl (C=O) groups excluding carboxylic acids is 1. The van der Waals surface area contributed by atoms with Crippen LogP contribution in [0.4, 0.5) is 11.4 Å². The molecule has 0 saturated heterocycles. The molecular weight excluding hydrogens is 214 g/mol. The van der Waals surface area contributed by atoms with Gasteiger partial charge in [-0.1, -0.05) is 12.1 Å². The molecule has 0 radical (unpaired) electrons. The van der Waals surface area contributed by atoms with Gasteiger partial charge in [-0.3, -0.25) is 4.79 Å². The van der Waals surface area contributed by atoms with Crippen molar-refractivity contribution >= 4 is 17.3 Å². The fraction of sp³-hybridized carbons (Fsp3) is 0.462. The third-order valence-corrected chi connectivity index (χ3v) is 3.49. The maximum atomic E-state index is 12.3. The second-order valence-electron chi connectivity index (χ2n) is 4.92. The van der Waals surface area contributed by atoms with Crippen molar-refractivity contribution in [2.24, 2.45) is 5.73 Å². The van der Waals surface area contributed by atoms with Crippen molar-refractivity contribution < 1.29 is 4.79 Å². The summed E-state index contributed by atoms with van der Waals surface area (Å²) in [7, 11) is 1.99. The summed E-state index contributed by atoms with van der Waals surface area (Å²) in [5.41, 5.74) is 8.08. The molecule has 17 heavy (non-hydrogen) atoms. The Hall–Kier alpha value is -1.55. The minimum Gasteiger partial charge on any atom is -0.371 e. The first-order chi connectivity index (χ1) is 8.18. The van der Waals surface area contributed by atoms with Crippen molar-refractivity contribution in [3.05, 3.63) is 24.3 Å². The molecule has 2 aliphatic rings. The van der Waals surface area contributed by atoms with Crippen LogP contribution in [-0.2, 0) is 4.79 Å². The molecule has 1 aromatic carbocycles. The van der Waals surface area contributed by atoms with E-state index in [0.29, 0.717) is 12.6 Å². The van der Waals surface area contributed by atoms with Gasteiger partial charge < -0.3 is 15.5 Å². The van der Waals surface area contributed by atoms with Gasteiger partial charge in [0.25, 0.3) is 0 Å². The van der Waals surface area contributed by atoms with E-state index >= 15 is 0 Å². The van der Waals surface area contributed by atoms with Gasteiger partial charge in [-0.25, -0.2) is 0 Å². The highest BCUT2D eigenvalue weighted by atomic mass is 16.2. The van der Waals surface area contributed by atoms with Gasteiger partial charge in [0.15, 0.2) is 0 Å². The smallest absolute Gasteiger partial charge is 0.246 e. The monoisotopic (exact) mass is 231 g/mol. The molecule has 1 heterocycles. The van der Waals surface area contributed by atoms with E-state index in [2.05, 4.69) is 11.0 Å². The summed E-state index contributed by atoms with van der Waals surface area (Å²) >= 11 is 0. The number of hydrogen-bond donors (Lipinski definition) is 1. The Morgan fingerprint density at radius 1 is 1.24 bits per heavy atom. The third-order valence-electron chi connectivity index (χ3n) is 3.49.